The lowest BCUT2D eigenvalue weighted by Crippen LogP contribution is -2.27. The molecule has 1 N–H and O–H groups in total. The number of aromatic nitrogens is 1. The SMILES string of the molecule is CNc1ncccc1[C@@H]1CCCN1CC(C)C. The average Bonchev–Trinajstić information content (AvgIpc) is 2.76. The molecule has 0 aliphatic carbocycles. The highest BCUT2D eigenvalue weighted by Gasteiger charge is 2.28. The van der Waals surface area contributed by atoms with Crippen molar-refractivity contribution in [1.29, 1.82) is 0 Å². The van der Waals surface area contributed by atoms with E-state index in [2.05, 4.69) is 35.1 Å². The summed E-state index contributed by atoms with van der Waals surface area (Å²) < 4.78 is 0. The second kappa shape index (κ2) is 5.50. The van der Waals surface area contributed by atoms with Gasteiger partial charge in [0.05, 0.1) is 0 Å². The number of likely N-dealkylation sites (tertiary alicyclic amines) is 1. The molecule has 0 aromatic carbocycles. The van der Waals surface area contributed by atoms with Crippen LogP contribution >= 0.6 is 0 Å². The summed E-state index contributed by atoms with van der Waals surface area (Å²) in [6, 6.07) is 4.80. The third-order valence-electron chi connectivity index (χ3n) is 3.40. The molecule has 1 saturated heterocycles. The summed E-state index contributed by atoms with van der Waals surface area (Å²) >= 11 is 0. The number of nitrogens with one attached hydrogen (secondary N) is 1. The third-order valence-corrected chi connectivity index (χ3v) is 3.40. The molecular formula is C14H23N3. The van der Waals surface area contributed by atoms with E-state index in [-0.39, 0.29) is 0 Å². The number of rotatable bonds is 4. The van der Waals surface area contributed by atoms with Crippen molar-refractivity contribution in [3.63, 3.8) is 0 Å². The molecule has 0 saturated carbocycles. The molecule has 3 heteroatoms. The van der Waals surface area contributed by atoms with E-state index in [0.717, 1.165) is 11.7 Å². The highest BCUT2D eigenvalue weighted by atomic mass is 15.2. The predicted octanol–water partition coefficient (Wildman–Crippen LogP) is 2.92. The molecule has 2 heterocycles. The fourth-order valence-electron chi connectivity index (χ4n) is 2.76. The van der Waals surface area contributed by atoms with Gasteiger partial charge in [-0.15, -0.1) is 0 Å². The van der Waals surface area contributed by atoms with Crippen molar-refractivity contribution < 1.29 is 0 Å². The van der Waals surface area contributed by atoms with E-state index < -0.39 is 0 Å². The number of hydrogen-bond donors (Lipinski definition) is 1. The van der Waals surface area contributed by atoms with Crippen LogP contribution in [-0.2, 0) is 0 Å². The quantitative estimate of drug-likeness (QED) is 0.866. The number of nitrogens with zero attached hydrogens (tertiary/aromatic N) is 2. The van der Waals surface area contributed by atoms with E-state index >= 15 is 0 Å². The van der Waals surface area contributed by atoms with Crippen molar-refractivity contribution in [2.75, 3.05) is 25.5 Å². The van der Waals surface area contributed by atoms with Gasteiger partial charge >= 0.3 is 0 Å². The minimum atomic E-state index is 0.550. The van der Waals surface area contributed by atoms with Crippen molar-refractivity contribution in [2.45, 2.75) is 32.7 Å². The Labute approximate surface area is 104 Å². The van der Waals surface area contributed by atoms with Gasteiger partial charge in [0.1, 0.15) is 5.82 Å². The van der Waals surface area contributed by atoms with Crippen molar-refractivity contribution in [3.8, 4) is 0 Å². The Kier molecular flexibility index (Phi) is 4.00. The van der Waals surface area contributed by atoms with Gasteiger partial charge in [-0.05, 0) is 31.4 Å². The second-order valence-corrected chi connectivity index (χ2v) is 5.24. The van der Waals surface area contributed by atoms with Crippen molar-refractivity contribution in [2.24, 2.45) is 5.92 Å². The van der Waals surface area contributed by atoms with Crippen LogP contribution in [0.3, 0.4) is 0 Å². The van der Waals surface area contributed by atoms with Crippen LogP contribution in [0.4, 0.5) is 5.82 Å². The van der Waals surface area contributed by atoms with Gasteiger partial charge in [-0.3, -0.25) is 4.90 Å². The number of anilines is 1. The van der Waals surface area contributed by atoms with E-state index in [4.69, 9.17) is 0 Å². The van der Waals surface area contributed by atoms with Gasteiger partial charge in [0.15, 0.2) is 0 Å². The first-order valence-electron chi connectivity index (χ1n) is 6.59. The zero-order chi connectivity index (χ0) is 12.3. The smallest absolute Gasteiger partial charge is 0.130 e. The Hall–Kier alpha value is -1.09. The summed E-state index contributed by atoms with van der Waals surface area (Å²) in [5, 5.41) is 3.21. The molecule has 1 atom stereocenters. The minimum absolute atomic E-state index is 0.550. The summed E-state index contributed by atoms with van der Waals surface area (Å²) in [4.78, 5) is 7.02. The van der Waals surface area contributed by atoms with Gasteiger partial charge in [-0.25, -0.2) is 4.98 Å². The Morgan fingerprint density at radius 3 is 3.06 bits per heavy atom. The van der Waals surface area contributed by atoms with Gasteiger partial charge < -0.3 is 5.32 Å². The molecule has 1 fully saturated rings. The van der Waals surface area contributed by atoms with Crippen molar-refractivity contribution >= 4 is 5.82 Å². The zero-order valence-electron chi connectivity index (χ0n) is 11.1. The van der Waals surface area contributed by atoms with Crippen LogP contribution in [-0.4, -0.2) is 30.0 Å². The first kappa shape index (κ1) is 12.4. The van der Waals surface area contributed by atoms with E-state index in [1.54, 1.807) is 0 Å². The highest BCUT2D eigenvalue weighted by molar-refractivity contribution is 5.45. The molecule has 1 aromatic rings. The van der Waals surface area contributed by atoms with Crippen LogP contribution in [0.2, 0.25) is 0 Å². The summed E-state index contributed by atoms with van der Waals surface area (Å²) in [6.07, 6.45) is 4.42. The lowest BCUT2D eigenvalue weighted by molar-refractivity contribution is 0.229. The van der Waals surface area contributed by atoms with Crippen LogP contribution in [0.1, 0.15) is 38.3 Å². The first-order chi connectivity index (χ1) is 8.22. The Morgan fingerprint density at radius 1 is 1.53 bits per heavy atom. The molecule has 1 aliphatic heterocycles. The molecule has 0 bridgehead atoms. The van der Waals surface area contributed by atoms with E-state index in [9.17, 15) is 0 Å². The van der Waals surface area contributed by atoms with Crippen LogP contribution in [0.5, 0.6) is 0 Å². The summed E-state index contributed by atoms with van der Waals surface area (Å²) in [7, 11) is 1.95. The summed E-state index contributed by atoms with van der Waals surface area (Å²) in [6.45, 7) is 6.98. The number of hydrogen-bond acceptors (Lipinski definition) is 3. The van der Waals surface area contributed by atoms with Crippen molar-refractivity contribution in [3.05, 3.63) is 23.9 Å². The Balaban J connectivity index is 2.19. The molecule has 1 aromatic heterocycles. The molecule has 0 amide bonds. The van der Waals surface area contributed by atoms with E-state index in [1.807, 2.05) is 19.3 Å². The molecule has 17 heavy (non-hydrogen) atoms. The fourth-order valence-corrected chi connectivity index (χ4v) is 2.76. The standard InChI is InChI=1S/C14H23N3/c1-11(2)10-17-9-5-7-13(17)12-6-4-8-16-14(12)15-3/h4,6,8,11,13H,5,7,9-10H2,1-3H3,(H,15,16)/t13-/m0/s1. The molecule has 0 spiro atoms. The Bertz CT molecular complexity index is 362. The van der Waals surface area contributed by atoms with Gasteiger partial charge in [-0.2, -0.15) is 0 Å². The maximum atomic E-state index is 4.42. The van der Waals surface area contributed by atoms with Gasteiger partial charge in [-0.1, -0.05) is 19.9 Å². The summed E-state index contributed by atoms with van der Waals surface area (Å²) in [5.41, 5.74) is 1.35. The van der Waals surface area contributed by atoms with Crippen LogP contribution in [0, 0.1) is 5.92 Å². The predicted molar refractivity (Wildman–Crippen MR) is 72.2 cm³/mol. The molecule has 2 rings (SSSR count). The second-order valence-electron chi connectivity index (χ2n) is 5.24. The molecule has 0 unspecified atom stereocenters. The topological polar surface area (TPSA) is 28.2 Å². The zero-order valence-corrected chi connectivity index (χ0v) is 11.1. The highest BCUT2D eigenvalue weighted by Crippen LogP contribution is 2.35. The van der Waals surface area contributed by atoms with Gasteiger partial charge in [0, 0.05) is 31.4 Å². The Morgan fingerprint density at radius 2 is 2.35 bits per heavy atom. The largest absolute Gasteiger partial charge is 0.373 e. The maximum absolute atomic E-state index is 4.42. The molecule has 3 nitrogen and oxygen atoms in total. The lowest BCUT2D eigenvalue weighted by atomic mass is 10.0. The third kappa shape index (κ3) is 2.78. The van der Waals surface area contributed by atoms with Gasteiger partial charge in [0.25, 0.3) is 0 Å². The van der Waals surface area contributed by atoms with E-state index in [1.165, 1.54) is 31.5 Å². The number of pyridine rings is 1. The monoisotopic (exact) mass is 233 g/mol. The van der Waals surface area contributed by atoms with Crippen LogP contribution in [0.15, 0.2) is 18.3 Å². The van der Waals surface area contributed by atoms with Crippen LogP contribution < -0.4 is 5.32 Å². The minimum Gasteiger partial charge on any atom is -0.373 e. The van der Waals surface area contributed by atoms with E-state index in [0.29, 0.717) is 6.04 Å². The molecular weight excluding hydrogens is 210 g/mol. The molecule has 94 valence electrons. The maximum Gasteiger partial charge on any atom is 0.130 e. The first-order valence-corrected chi connectivity index (χ1v) is 6.59. The van der Waals surface area contributed by atoms with Gasteiger partial charge in [0.2, 0.25) is 0 Å². The van der Waals surface area contributed by atoms with Crippen LogP contribution in [0.25, 0.3) is 0 Å². The fraction of sp³-hybridized carbons (Fsp3) is 0.643. The lowest BCUT2D eigenvalue weighted by Gasteiger charge is -2.27. The molecule has 0 radical (unpaired) electrons. The molecule has 1 aliphatic rings. The summed E-state index contributed by atoms with van der Waals surface area (Å²) in [5.74, 6) is 1.76. The van der Waals surface area contributed by atoms with Crippen molar-refractivity contribution in [1.82, 2.24) is 9.88 Å². The normalized spacial score (nSPS) is 21.1. The average molecular weight is 233 g/mol.